The number of hydrogen-bond donors (Lipinski definition) is 0. The van der Waals surface area contributed by atoms with Gasteiger partial charge in [-0.1, -0.05) is 6.92 Å². The van der Waals surface area contributed by atoms with Crippen molar-refractivity contribution in [3.8, 4) is 22.9 Å². The maximum atomic E-state index is 14.3. The van der Waals surface area contributed by atoms with Crippen molar-refractivity contribution >= 4 is 9.84 Å². The Balaban J connectivity index is 2.23. The first-order chi connectivity index (χ1) is 14.7. The van der Waals surface area contributed by atoms with E-state index in [1.807, 2.05) is 0 Å². The summed E-state index contributed by atoms with van der Waals surface area (Å²) in [5, 5.41) is 7.27. The predicted octanol–water partition coefficient (Wildman–Crippen LogP) is 4.51. The Kier molecular flexibility index (Phi) is 5.78. The fourth-order valence-electron chi connectivity index (χ4n) is 2.80. The number of nitrogens with zero attached hydrogens (tertiary/aromatic N) is 4. The van der Waals surface area contributed by atoms with E-state index in [0.29, 0.717) is 30.5 Å². The summed E-state index contributed by atoms with van der Waals surface area (Å²) < 4.78 is 118. The van der Waals surface area contributed by atoms with E-state index in [2.05, 4.69) is 15.2 Å². The van der Waals surface area contributed by atoms with Gasteiger partial charge in [-0.15, -0.1) is 10.2 Å². The molecule has 1 aromatic carbocycles. The van der Waals surface area contributed by atoms with Gasteiger partial charge in [0.25, 0.3) is 0 Å². The highest BCUT2D eigenvalue weighted by Crippen LogP contribution is 2.36. The average molecular weight is 482 g/mol. The van der Waals surface area contributed by atoms with Crippen LogP contribution in [0.1, 0.15) is 18.1 Å². The first-order valence-electron chi connectivity index (χ1n) is 8.73. The van der Waals surface area contributed by atoms with Crippen LogP contribution in [0, 0.1) is 5.82 Å². The van der Waals surface area contributed by atoms with Gasteiger partial charge in [0.1, 0.15) is 11.5 Å². The van der Waals surface area contributed by atoms with Crippen molar-refractivity contribution in [2.45, 2.75) is 24.2 Å². The Labute approximate surface area is 176 Å². The lowest BCUT2D eigenvalue weighted by atomic mass is 10.1. The van der Waals surface area contributed by atoms with Crippen molar-refractivity contribution in [1.29, 1.82) is 0 Å². The normalized spacial score (nSPS) is 12.9. The van der Waals surface area contributed by atoms with Gasteiger partial charge in [-0.3, -0.25) is 4.98 Å². The lowest BCUT2D eigenvalue weighted by Gasteiger charge is -2.13. The highest BCUT2D eigenvalue weighted by molar-refractivity contribution is 7.91. The van der Waals surface area contributed by atoms with Gasteiger partial charge in [0.2, 0.25) is 0 Å². The highest BCUT2D eigenvalue weighted by Gasteiger charge is 2.35. The van der Waals surface area contributed by atoms with Crippen LogP contribution >= 0.6 is 0 Å². The second-order valence-electron chi connectivity index (χ2n) is 6.57. The molecule has 0 aliphatic rings. The average Bonchev–Trinajstić information content (AvgIpc) is 3.07. The standard InChI is InChI=1S/C18H13F7N4O2S/c1-3-32(30,31)13-7-10(18(23,24)25)8-26-14(13)16-28-27-15(29(16)2)11-6-9(17(20,21)22)4-5-12(11)19/h4-8H,3H2,1-2H3. The second kappa shape index (κ2) is 7.83. The SMILES string of the molecule is CCS(=O)(=O)c1cc(C(F)(F)F)cnc1-c1nnc(-c2cc(C(F)(F)F)ccc2F)n1C. The van der Waals surface area contributed by atoms with Crippen LogP contribution in [0.25, 0.3) is 22.9 Å². The molecule has 14 heteroatoms. The maximum absolute atomic E-state index is 14.3. The Morgan fingerprint density at radius 1 is 0.938 bits per heavy atom. The van der Waals surface area contributed by atoms with E-state index in [4.69, 9.17) is 0 Å². The smallest absolute Gasteiger partial charge is 0.309 e. The number of benzene rings is 1. The third-order valence-corrected chi connectivity index (χ3v) is 6.26. The summed E-state index contributed by atoms with van der Waals surface area (Å²) in [7, 11) is -3.05. The van der Waals surface area contributed by atoms with Gasteiger partial charge < -0.3 is 4.57 Å². The van der Waals surface area contributed by atoms with Gasteiger partial charge >= 0.3 is 12.4 Å². The zero-order valence-electron chi connectivity index (χ0n) is 16.3. The molecule has 0 radical (unpaired) electrons. The van der Waals surface area contributed by atoms with E-state index in [1.165, 1.54) is 14.0 Å². The predicted molar refractivity (Wildman–Crippen MR) is 97.4 cm³/mol. The molecule has 0 spiro atoms. The maximum Gasteiger partial charge on any atom is 0.417 e. The van der Waals surface area contributed by atoms with E-state index in [9.17, 15) is 39.2 Å². The van der Waals surface area contributed by atoms with E-state index in [-0.39, 0.29) is 5.82 Å². The van der Waals surface area contributed by atoms with Crippen LogP contribution in [0.15, 0.2) is 35.4 Å². The third-order valence-electron chi connectivity index (χ3n) is 4.52. The molecular formula is C18H13F7N4O2S. The van der Waals surface area contributed by atoms with Gasteiger partial charge in [0.05, 0.1) is 27.3 Å². The molecule has 0 aliphatic heterocycles. The molecule has 3 aromatic rings. The fourth-order valence-corrected chi connectivity index (χ4v) is 3.86. The fraction of sp³-hybridized carbons (Fsp3) is 0.278. The van der Waals surface area contributed by atoms with Crippen LogP contribution in [0.5, 0.6) is 0 Å². The zero-order valence-corrected chi connectivity index (χ0v) is 17.1. The van der Waals surface area contributed by atoms with Gasteiger partial charge in [-0.05, 0) is 24.3 Å². The molecule has 32 heavy (non-hydrogen) atoms. The van der Waals surface area contributed by atoms with Gasteiger partial charge in [0, 0.05) is 13.2 Å². The molecule has 0 bridgehead atoms. The lowest BCUT2D eigenvalue weighted by molar-refractivity contribution is -0.138. The van der Waals surface area contributed by atoms with Gasteiger partial charge in [-0.2, -0.15) is 26.3 Å². The number of pyridine rings is 1. The molecule has 2 heterocycles. The van der Waals surface area contributed by atoms with Gasteiger partial charge in [0.15, 0.2) is 21.5 Å². The molecule has 0 saturated carbocycles. The second-order valence-corrected chi connectivity index (χ2v) is 8.82. The summed E-state index contributed by atoms with van der Waals surface area (Å²) in [5.74, 6) is -2.42. The minimum absolute atomic E-state index is 0.377. The molecule has 6 nitrogen and oxygen atoms in total. The molecule has 0 aliphatic carbocycles. The molecule has 172 valence electrons. The first-order valence-corrected chi connectivity index (χ1v) is 10.4. The number of aromatic nitrogens is 4. The Morgan fingerprint density at radius 3 is 2.09 bits per heavy atom. The quantitative estimate of drug-likeness (QED) is 0.512. The molecule has 0 saturated heterocycles. The minimum Gasteiger partial charge on any atom is -0.309 e. The van der Waals surface area contributed by atoms with Crippen LogP contribution < -0.4 is 0 Å². The van der Waals surface area contributed by atoms with Crippen molar-refractivity contribution < 1.29 is 39.2 Å². The van der Waals surface area contributed by atoms with Crippen molar-refractivity contribution in [2.75, 3.05) is 5.75 Å². The van der Waals surface area contributed by atoms with Crippen LogP contribution in [0.2, 0.25) is 0 Å². The van der Waals surface area contributed by atoms with E-state index in [1.54, 1.807) is 0 Å². The van der Waals surface area contributed by atoms with Crippen LogP contribution in [-0.2, 0) is 29.2 Å². The molecule has 3 rings (SSSR count). The summed E-state index contributed by atoms with van der Waals surface area (Å²) in [4.78, 5) is 2.79. The summed E-state index contributed by atoms with van der Waals surface area (Å²) in [6.45, 7) is 1.21. The zero-order chi connectivity index (χ0) is 24.1. The monoisotopic (exact) mass is 482 g/mol. The van der Waals surface area contributed by atoms with Crippen molar-refractivity contribution in [3.05, 3.63) is 47.4 Å². The topological polar surface area (TPSA) is 77.7 Å². The largest absolute Gasteiger partial charge is 0.417 e. The number of rotatable bonds is 4. The summed E-state index contributed by atoms with van der Waals surface area (Å²) in [6.07, 6.45) is -9.26. The molecule has 0 N–H and O–H groups in total. The highest BCUT2D eigenvalue weighted by atomic mass is 32.2. The van der Waals surface area contributed by atoms with Crippen molar-refractivity contribution in [3.63, 3.8) is 0 Å². The molecule has 0 fully saturated rings. The molecule has 0 atom stereocenters. The molecule has 2 aromatic heterocycles. The first kappa shape index (κ1) is 23.6. The Morgan fingerprint density at radius 2 is 1.53 bits per heavy atom. The van der Waals surface area contributed by atoms with Crippen molar-refractivity contribution in [2.24, 2.45) is 7.05 Å². The molecule has 0 unspecified atom stereocenters. The number of alkyl halides is 6. The summed E-state index contributed by atoms with van der Waals surface area (Å²) in [5.41, 5.74) is -3.58. The number of hydrogen-bond acceptors (Lipinski definition) is 5. The van der Waals surface area contributed by atoms with E-state index in [0.717, 1.165) is 4.57 Å². The number of sulfone groups is 1. The van der Waals surface area contributed by atoms with Crippen LogP contribution in [0.4, 0.5) is 30.7 Å². The Bertz CT molecular complexity index is 1280. The molecule has 0 amide bonds. The summed E-state index contributed by atoms with van der Waals surface area (Å²) in [6, 6.07) is 1.99. The summed E-state index contributed by atoms with van der Waals surface area (Å²) >= 11 is 0. The third kappa shape index (κ3) is 4.31. The Hall–Kier alpha value is -3.03. The van der Waals surface area contributed by atoms with E-state index < -0.39 is 66.9 Å². The number of halogens is 7. The lowest BCUT2D eigenvalue weighted by Crippen LogP contribution is -2.13. The van der Waals surface area contributed by atoms with Crippen LogP contribution in [-0.4, -0.2) is 33.9 Å². The van der Waals surface area contributed by atoms with E-state index >= 15 is 0 Å². The van der Waals surface area contributed by atoms with Gasteiger partial charge in [-0.25, -0.2) is 12.8 Å². The van der Waals surface area contributed by atoms with Crippen LogP contribution in [0.3, 0.4) is 0 Å². The minimum atomic E-state index is -4.88. The molecular weight excluding hydrogens is 469 g/mol. The van der Waals surface area contributed by atoms with Crippen molar-refractivity contribution in [1.82, 2.24) is 19.7 Å².